The van der Waals surface area contributed by atoms with Crippen LogP contribution in [-0.4, -0.2) is 12.1 Å². The zero-order valence-electron chi connectivity index (χ0n) is 16.3. The van der Waals surface area contributed by atoms with Gasteiger partial charge in [0.1, 0.15) is 12.2 Å². The Balaban J connectivity index is 1.71. The molecule has 4 heteroatoms. The lowest BCUT2D eigenvalue weighted by molar-refractivity contribution is 0.0162. The van der Waals surface area contributed by atoms with Crippen molar-refractivity contribution in [1.29, 1.82) is 5.26 Å². The zero-order chi connectivity index (χ0) is 19.5. The fourth-order valence-electron chi connectivity index (χ4n) is 3.64. The minimum atomic E-state index is -0.700. The topological polar surface area (TPSA) is 50.1 Å². The second-order valence-electron chi connectivity index (χ2n) is 7.44. The maximum Gasteiger partial charge on any atom is 0.338 e. The van der Waals surface area contributed by atoms with Crippen molar-refractivity contribution >= 4 is 5.97 Å². The van der Waals surface area contributed by atoms with Gasteiger partial charge in [-0.25, -0.2) is 4.79 Å². The Morgan fingerprint density at radius 2 is 1.93 bits per heavy atom. The number of benzene rings is 1. The largest absolute Gasteiger partial charge is 0.459 e. The van der Waals surface area contributed by atoms with E-state index < -0.39 is 5.83 Å². The number of carbonyl (C=O) groups is 1. The Kier molecular flexibility index (Phi) is 9.04. The third kappa shape index (κ3) is 7.54. The molecule has 0 bridgehead atoms. The first-order valence-corrected chi connectivity index (χ1v) is 10.2. The number of carbonyl (C=O) groups excluding carboxylic acids is 1. The van der Waals surface area contributed by atoms with Gasteiger partial charge in [0.2, 0.25) is 0 Å². The van der Waals surface area contributed by atoms with Crippen molar-refractivity contribution in [3.8, 4) is 6.07 Å². The number of halogens is 1. The van der Waals surface area contributed by atoms with Crippen LogP contribution in [0.25, 0.3) is 0 Å². The van der Waals surface area contributed by atoms with E-state index in [1.807, 2.05) is 24.3 Å². The summed E-state index contributed by atoms with van der Waals surface area (Å²) in [6.07, 6.45) is 11.2. The van der Waals surface area contributed by atoms with E-state index in [-0.39, 0.29) is 12.1 Å². The molecule has 0 amide bonds. The van der Waals surface area contributed by atoms with E-state index in [0.717, 1.165) is 38.5 Å². The molecule has 1 aromatic rings. The molecule has 0 N–H and O–H groups in total. The van der Waals surface area contributed by atoms with Gasteiger partial charge in [-0.15, -0.1) is 0 Å². The quantitative estimate of drug-likeness (QED) is 0.291. The van der Waals surface area contributed by atoms with E-state index in [4.69, 9.17) is 10.00 Å². The van der Waals surface area contributed by atoms with E-state index in [9.17, 15) is 9.18 Å². The number of unbranched alkanes of at least 4 members (excludes halogenated alkanes) is 2. The molecule has 1 aliphatic rings. The Bertz CT molecular complexity index is 652. The molecule has 0 heterocycles. The highest BCUT2D eigenvalue weighted by molar-refractivity contribution is 5.89. The number of aryl methyl sites for hydroxylation is 1. The molecule has 1 fully saturated rings. The van der Waals surface area contributed by atoms with E-state index in [1.165, 1.54) is 37.0 Å². The molecule has 0 aromatic heterocycles. The summed E-state index contributed by atoms with van der Waals surface area (Å²) in [4.78, 5) is 12.3. The summed E-state index contributed by atoms with van der Waals surface area (Å²) in [6, 6.07) is 9.28. The molecular weight excluding hydrogens is 341 g/mol. The van der Waals surface area contributed by atoms with Crippen LogP contribution in [0.4, 0.5) is 4.39 Å². The van der Waals surface area contributed by atoms with Crippen LogP contribution in [0.2, 0.25) is 0 Å². The van der Waals surface area contributed by atoms with Gasteiger partial charge in [-0.2, -0.15) is 9.65 Å². The molecule has 0 aliphatic heterocycles. The van der Waals surface area contributed by atoms with Crippen LogP contribution in [0.5, 0.6) is 0 Å². The molecule has 0 spiro atoms. The minimum Gasteiger partial charge on any atom is -0.459 e. The third-order valence-corrected chi connectivity index (χ3v) is 5.33. The van der Waals surface area contributed by atoms with Gasteiger partial charge in [0, 0.05) is 0 Å². The second kappa shape index (κ2) is 11.5. The summed E-state index contributed by atoms with van der Waals surface area (Å²) in [5, 5.41) is 8.41. The van der Waals surface area contributed by atoms with Crippen molar-refractivity contribution in [1.82, 2.24) is 0 Å². The third-order valence-electron chi connectivity index (χ3n) is 5.33. The molecule has 1 saturated carbocycles. The normalized spacial score (nSPS) is 20.1. The van der Waals surface area contributed by atoms with E-state index in [0.29, 0.717) is 17.9 Å². The first kappa shape index (κ1) is 21.2. The Hall–Kier alpha value is -2.15. The van der Waals surface area contributed by atoms with Gasteiger partial charge >= 0.3 is 5.97 Å². The average molecular weight is 371 g/mol. The predicted molar refractivity (Wildman–Crippen MR) is 105 cm³/mol. The summed E-state index contributed by atoms with van der Waals surface area (Å²) >= 11 is 0. The Labute approximate surface area is 162 Å². The van der Waals surface area contributed by atoms with Gasteiger partial charge in [-0.3, -0.25) is 0 Å². The van der Waals surface area contributed by atoms with Crippen LogP contribution < -0.4 is 0 Å². The van der Waals surface area contributed by atoms with Gasteiger partial charge < -0.3 is 4.74 Å². The molecule has 0 atom stereocenters. The number of hydrogen-bond acceptors (Lipinski definition) is 3. The van der Waals surface area contributed by atoms with Crippen LogP contribution in [0.3, 0.4) is 0 Å². The first-order chi connectivity index (χ1) is 13.1. The fraction of sp³-hybridized carbons (Fsp3) is 0.565. The summed E-state index contributed by atoms with van der Waals surface area (Å²) in [6.45, 7) is 2.19. The molecule has 146 valence electrons. The maximum atomic E-state index is 12.8. The predicted octanol–water partition coefficient (Wildman–Crippen LogP) is 6.29. The lowest BCUT2D eigenvalue weighted by Crippen LogP contribution is -2.24. The highest BCUT2D eigenvalue weighted by atomic mass is 19.1. The van der Waals surface area contributed by atoms with Crippen LogP contribution in [0.15, 0.2) is 36.2 Å². The van der Waals surface area contributed by atoms with Crippen molar-refractivity contribution in [2.75, 3.05) is 0 Å². The highest BCUT2D eigenvalue weighted by Gasteiger charge is 2.24. The van der Waals surface area contributed by atoms with Crippen LogP contribution in [0.1, 0.15) is 80.6 Å². The van der Waals surface area contributed by atoms with Crippen LogP contribution in [0, 0.1) is 17.2 Å². The maximum absolute atomic E-state index is 12.8. The molecule has 2 rings (SSSR count). The summed E-state index contributed by atoms with van der Waals surface area (Å²) < 4.78 is 18.5. The summed E-state index contributed by atoms with van der Waals surface area (Å²) in [7, 11) is 0. The van der Waals surface area contributed by atoms with E-state index in [2.05, 4.69) is 6.92 Å². The lowest BCUT2D eigenvalue weighted by atomic mass is 9.84. The molecule has 3 nitrogen and oxygen atoms in total. The van der Waals surface area contributed by atoms with Gasteiger partial charge in [0.05, 0.1) is 5.56 Å². The van der Waals surface area contributed by atoms with E-state index >= 15 is 0 Å². The van der Waals surface area contributed by atoms with Gasteiger partial charge in [-0.05, 0) is 81.1 Å². The number of allylic oxidation sites excluding steroid dienone is 2. The van der Waals surface area contributed by atoms with E-state index in [1.54, 1.807) is 0 Å². The van der Waals surface area contributed by atoms with Gasteiger partial charge in [0.15, 0.2) is 5.83 Å². The molecule has 27 heavy (non-hydrogen) atoms. The van der Waals surface area contributed by atoms with Crippen LogP contribution >= 0.6 is 0 Å². The molecule has 0 saturated heterocycles. The number of rotatable bonds is 9. The Morgan fingerprint density at radius 1 is 1.22 bits per heavy atom. The average Bonchev–Trinajstić information content (AvgIpc) is 2.70. The number of nitriles is 1. The van der Waals surface area contributed by atoms with Crippen molar-refractivity contribution in [3.63, 3.8) is 0 Å². The van der Waals surface area contributed by atoms with Gasteiger partial charge in [-0.1, -0.05) is 31.9 Å². The Morgan fingerprint density at radius 3 is 2.56 bits per heavy atom. The van der Waals surface area contributed by atoms with Gasteiger partial charge in [0.25, 0.3) is 0 Å². The molecule has 1 aromatic carbocycles. The van der Waals surface area contributed by atoms with Crippen molar-refractivity contribution in [2.45, 2.75) is 77.2 Å². The van der Waals surface area contributed by atoms with Crippen molar-refractivity contribution in [3.05, 3.63) is 47.3 Å². The molecule has 1 aliphatic carbocycles. The number of ether oxygens (including phenoxy) is 1. The molecule has 0 radical (unpaired) electrons. The second-order valence-corrected chi connectivity index (χ2v) is 7.44. The fourth-order valence-corrected chi connectivity index (χ4v) is 3.64. The first-order valence-electron chi connectivity index (χ1n) is 10.2. The molecule has 0 unspecified atom stereocenters. The lowest BCUT2D eigenvalue weighted by Gasteiger charge is -2.28. The molecular formula is C23H30FNO2. The van der Waals surface area contributed by atoms with Crippen LogP contribution in [-0.2, 0) is 11.2 Å². The minimum absolute atomic E-state index is 0.0237. The number of nitrogens with zero attached hydrogens (tertiary/aromatic N) is 1. The standard InChI is InChI=1S/C23H30FNO2/c1-2-3-4-6-18-9-13-20(14-10-18)23(26)27-22-15-11-19(12-16-22)7-5-8-21(24)17-25/h8-10,13-14,19,22H,2-7,11-12,15-16H2,1H3/b21-8+. The van der Waals surface area contributed by atoms with Crippen molar-refractivity contribution in [2.24, 2.45) is 5.92 Å². The summed E-state index contributed by atoms with van der Waals surface area (Å²) in [5.41, 5.74) is 1.89. The SMILES string of the molecule is CCCCCc1ccc(C(=O)OC2CCC(CC/C=C(/F)C#N)CC2)cc1. The summed E-state index contributed by atoms with van der Waals surface area (Å²) in [5.74, 6) is -0.420. The van der Waals surface area contributed by atoms with Crippen molar-refractivity contribution < 1.29 is 13.9 Å². The smallest absolute Gasteiger partial charge is 0.338 e. The highest BCUT2D eigenvalue weighted by Crippen LogP contribution is 2.30. The number of esters is 1. The zero-order valence-corrected chi connectivity index (χ0v) is 16.3. The monoisotopic (exact) mass is 371 g/mol. The number of hydrogen-bond donors (Lipinski definition) is 0.